The minimum Gasteiger partial charge on any atom is -0.319 e. The second-order valence-corrected chi connectivity index (χ2v) is 23.5. The van der Waals surface area contributed by atoms with Crippen LogP contribution in [0, 0.1) is 0 Å². The summed E-state index contributed by atoms with van der Waals surface area (Å²) in [6, 6.07) is 73.9. The largest absolute Gasteiger partial charge is 0.319 e. The van der Waals surface area contributed by atoms with Crippen molar-refractivity contribution in [3.8, 4) is 33.4 Å². The topological polar surface area (TPSA) is 32.3 Å². The zero-order valence-corrected chi connectivity index (χ0v) is 43.6. The maximum absolute atomic E-state index is 5.18. The van der Waals surface area contributed by atoms with Gasteiger partial charge in [0.25, 0.3) is 0 Å². The molecule has 3 aliphatic carbocycles. The first kappa shape index (κ1) is 44.6. The Labute approximate surface area is 441 Å². The molecule has 0 N–H and O–H groups in total. The van der Waals surface area contributed by atoms with Gasteiger partial charge in [0.15, 0.2) is 0 Å². The molecule has 2 fully saturated rings. The van der Waals surface area contributed by atoms with E-state index in [4.69, 9.17) is 9.97 Å². The maximum atomic E-state index is 5.18. The molecule has 0 radical (unpaired) electrons. The van der Waals surface area contributed by atoms with E-state index in [0.717, 1.165) is 37.3 Å². The van der Waals surface area contributed by atoms with Crippen LogP contribution in [-0.4, -0.2) is 21.0 Å². The smallest absolute Gasteiger partial charge is 0.141 e. The van der Waals surface area contributed by atoms with Crippen molar-refractivity contribution < 1.29 is 0 Å². The Hall–Kier alpha value is -7.82. The molecule has 4 atom stereocenters. The molecule has 10 aromatic rings. The van der Waals surface area contributed by atoms with Gasteiger partial charge in [0.1, 0.15) is 11.6 Å². The maximum Gasteiger partial charge on any atom is 0.141 e. The van der Waals surface area contributed by atoms with E-state index in [1.165, 1.54) is 125 Å². The van der Waals surface area contributed by atoms with Gasteiger partial charge in [-0.3, -0.25) is 0 Å². The fourth-order valence-corrected chi connectivity index (χ4v) is 15.9. The molecule has 4 heterocycles. The molecular formula is C71H62N4. The van der Waals surface area contributed by atoms with E-state index in [2.05, 4.69) is 232 Å². The lowest BCUT2D eigenvalue weighted by molar-refractivity contribution is 0.194. The summed E-state index contributed by atoms with van der Waals surface area (Å²) in [5.74, 6) is 2.14. The fourth-order valence-electron chi connectivity index (χ4n) is 15.9. The number of nitrogens with zero attached hydrogens (tertiary/aromatic N) is 4. The first-order valence-corrected chi connectivity index (χ1v) is 27.6. The van der Waals surface area contributed by atoms with Crippen molar-refractivity contribution >= 4 is 44.6 Å². The van der Waals surface area contributed by atoms with E-state index < -0.39 is 5.41 Å². The first-order chi connectivity index (χ1) is 36.7. The number of anilines is 4. The Morgan fingerprint density at radius 2 is 0.747 bits per heavy atom. The van der Waals surface area contributed by atoms with Crippen molar-refractivity contribution in [2.45, 2.75) is 106 Å². The lowest BCUT2D eigenvalue weighted by Gasteiger charge is -2.50. The molecule has 4 heteroatoms. The zero-order chi connectivity index (χ0) is 50.3. The predicted octanol–water partition coefficient (Wildman–Crippen LogP) is 18.0. The Morgan fingerprint density at radius 3 is 1.20 bits per heavy atom. The monoisotopic (exact) mass is 970 g/mol. The van der Waals surface area contributed by atoms with E-state index in [1.54, 1.807) is 0 Å². The lowest BCUT2D eigenvalue weighted by atomic mass is 9.61. The molecule has 4 unspecified atom stereocenters. The molecule has 0 bridgehead atoms. The average molecular weight is 971 g/mol. The number of benzene rings is 8. The highest BCUT2D eigenvalue weighted by atomic mass is 15.3. The minimum absolute atomic E-state index is 0.0480. The van der Waals surface area contributed by atoms with Crippen molar-refractivity contribution in [1.29, 1.82) is 0 Å². The second-order valence-electron chi connectivity index (χ2n) is 23.5. The lowest BCUT2D eigenvalue weighted by Crippen LogP contribution is -2.54. The van der Waals surface area contributed by atoms with Crippen molar-refractivity contribution in [3.05, 3.63) is 240 Å². The summed E-state index contributed by atoms with van der Waals surface area (Å²) in [6.45, 7) is 10.1. The Balaban J connectivity index is 0.910. The summed E-state index contributed by atoms with van der Waals surface area (Å²) in [4.78, 5) is 15.6. The van der Waals surface area contributed by atoms with Gasteiger partial charge in [0.05, 0.1) is 16.5 Å². The van der Waals surface area contributed by atoms with Crippen LogP contribution >= 0.6 is 0 Å². The van der Waals surface area contributed by atoms with Crippen LogP contribution in [-0.2, 0) is 16.2 Å². The van der Waals surface area contributed by atoms with Crippen molar-refractivity contribution in [1.82, 2.24) is 9.97 Å². The van der Waals surface area contributed by atoms with E-state index in [-0.39, 0.29) is 21.9 Å². The van der Waals surface area contributed by atoms with Crippen LogP contribution in [0.2, 0.25) is 0 Å². The van der Waals surface area contributed by atoms with Crippen molar-refractivity contribution in [2.24, 2.45) is 0 Å². The number of fused-ring (bicyclic) bond motifs is 11. The summed E-state index contributed by atoms with van der Waals surface area (Å²) in [6.07, 6.45) is 13.5. The Kier molecular flexibility index (Phi) is 9.58. The van der Waals surface area contributed by atoms with Gasteiger partial charge in [-0.05, 0) is 166 Å². The second kappa shape index (κ2) is 16.1. The molecule has 75 heavy (non-hydrogen) atoms. The third kappa shape index (κ3) is 5.94. The van der Waals surface area contributed by atoms with Gasteiger partial charge in [-0.2, -0.15) is 0 Å². The normalized spacial score (nSPS) is 23.8. The van der Waals surface area contributed by atoms with Crippen molar-refractivity contribution in [2.75, 3.05) is 9.80 Å². The number of rotatable bonds is 6. The van der Waals surface area contributed by atoms with Crippen molar-refractivity contribution in [3.63, 3.8) is 0 Å². The number of aromatic nitrogens is 2. The van der Waals surface area contributed by atoms with Crippen LogP contribution in [0.25, 0.3) is 54.9 Å². The third-order valence-corrected chi connectivity index (χ3v) is 20.2. The van der Waals surface area contributed by atoms with Crippen LogP contribution in [0.15, 0.2) is 207 Å². The van der Waals surface area contributed by atoms with Gasteiger partial charge in [0, 0.05) is 45.4 Å². The van der Waals surface area contributed by atoms with Gasteiger partial charge in [-0.15, -0.1) is 0 Å². The summed E-state index contributed by atoms with van der Waals surface area (Å²) in [7, 11) is 0. The molecule has 15 rings (SSSR count). The van der Waals surface area contributed by atoms with E-state index in [0.29, 0.717) is 0 Å². The molecule has 8 aromatic carbocycles. The molecule has 2 aliphatic heterocycles. The van der Waals surface area contributed by atoms with E-state index in [9.17, 15) is 0 Å². The van der Waals surface area contributed by atoms with Gasteiger partial charge in [-0.1, -0.05) is 185 Å². The standard InChI is InChI=1S/C71H62N4/c1-67-37-15-17-39-69(67,3)74(65-55-25-13-11-19-47(55)35-41-72-65)63-33-29-51(45-61(63)67)49-27-31-59-57(43-49)58-44-50(28-32-60(58)71(59,53-21-7-5-8-22-53)54-23-9-6-10-24-54)52-30-34-64-62(46-52)68(2)38-16-18-40-70(68,4)75(64)66-56-26-14-12-20-48(56)36-42-73-66/h5-14,19-36,41-46H,15-18,37-40H2,1-4H3. The summed E-state index contributed by atoms with van der Waals surface area (Å²) >= 11 is 0. The molecule has 0 spiro atoms. The fraction of sp³-hybridized carbons (Fsp3) is 0.239. The number of hydrogen-bond acceptors (Lipinski definition) is 4. The van der Waals surface area contributed by atoms with Crippen LogP contribution in [0.5, 0.6) is 0 Å². The van der Waals surface area contributed by atoms with Gasteiger partial charge in [0.2, 0.25) is 0 Å². The summed E-state index contributed by atoms with van der Waals surface area (Å²) < 4.78 is 0. The van der Waals surface area contributed by atoms with E-state index in [1.807, 2.05) is 12.4 Å². The molecule has 4 nitrogen and oxygen atoms in total. The zero-order valence-electron chi connectivity index (χ0n) is 43.6. The SMILES string of the molecule is CC12CCCCC1(C)N(c1nccc3ccccc13)c1ccc(-c3ccc4c(c3)-c3cc(-c5ccc6c(c5)C5(C)CCCCC5(C)N6c5nccc6ccccc56)ccc3C4(c3ccccc3)c3ccccc3)cc12. The molecular weight excluding hydrogens is 909 g/mol. The predicted molar refractivity (Wildman–Crippen MR) is 311 cm³/mol. The van der Waals surface area contributed by atoms with Gasteiger partial charge < -0.3 is 9.80 Å². The molecule has 2 saturated carbocycles. The van der Waals surface area contributed by atoms with Crippen LogP contribution in [0.4, 0.5) is 23.0 Å². The molecule has 0 saturated heterocycles. The molecule has 366 valence electrons. The van der Waals surface area contributed by atoms with Crippen LogP contribution < -0.4 is 9.80 Å². The minimum atomic E-state index is -0.507. The average Bonchev–Trinajstić information content (AvgIpc) is 4.15. The highest BCUT2D eigenvalue weighted by Gasteiger charge is 2.60. The van der Waals surface area contributed by atoms with Crippen LogP contribution in [0.1, 0.15) is 112 Å². The third-order valence-electron chi connectivity index (χ3n) is 20.2. The summed E-state index contributed by atoms with van der Waals surface area (Å²) in [5, 5.41) is 4.89. The first-order valence-electron chi connectivity index (χ1n) is 27.6. The van der Waals surface area contributed by atoms with Gasteiger partial charge >= 0.3 is 0 Å². The molecule has 5 aliphatic rings. The Morgan fingerprint density at radius 1 is 0.360 bits per heavy atom. The number of pyridine rings is 2. The van der Waals surface area contributed by atoms with E-state index >= 15 is 0 Å². The Bertz CT molecular complexity index is 3690. The molecule has 0 amide bonds. The molecule has 2 aromatic heterocycles. The highest BCUT2D eigenvalue weighted by molar-refractivity contribution is 5.98. The summed E-state index contributed by atoms with van der Waals surface area (Å²) in [5.41, 5.74) is 17.5. The highest BCUT2D eigenvalue weighted by Crippen LogP contribution is 2.64. The quantitative estimate of drug-likeness (QED) is 0.166. The number of hydrogen-bond donors (Lipinski definition) is 0. The van der Waals surface area contributed by atoms with Crippen LogP contribution in [0.3, 0.4) is 0 Å². The van der Waals surface area contributed by atoms with Gasteiger partial charge in [-0.25, -0.2) is 9.97 Å².